The number of aliphatic hydroxyl groups is 2. The molecule has 0 aliphatic carbocycles. The molecular weight excluding hydrogens is 429 g/mol. The van der Waals surface area contributed by atoms with Gasteiger partial charge in [-0.05, 0) is 0 Å². The topological polar surface area (TPSA) is 306 Å². The van der Waals surface area contributed by atoms with Crippen molar-refractivity contribution in [2.45, 2.75) is 0 Å². The van der Waals surface area contributed by atoms with E-state index in [1.54, 1.807) is 0 Å². The van der Waals surface area contributed by atoms with Gasteiger partial charge < -0.3 is 67.8 Å². The monoisotopic (exact) mass is 441 g/mol. The quantitative estimate of drug-likeness (QED) is 0.283. The average molecular weight is 440 g/mol. The van der Waals surface area contributed by atoms with Gasteiger partial charge in [-0.1, -0.05) is 0 Å². The molecule has 16 nitrogen and oxygen atoms in total. The van der Waals surface area contributed by atoms with Gasteiger partial charge in [0.25, 0.3) is 0 Å². The molecule has 0 unspecified atom stereocenters. The standard InChI is InChI=1S/C2H6O2.Gd.3NO3.H3N.H2O/c3-1-2-4;;3*2-1(3)4;;/h3-4H,1-2H2;;;;;1H3;1H2/q;+3;3*-1;;. The van der Waals surface area contributed by atoms with E-state index in [2.05, 4.69) is 0 Å². The zero-order chi connectivity index (χ0) is 14.1. The molecule has 0 heterocycles. The van der Waals surface area contributed by atoms with Crippen molar-refractivity contribution in [1.29, 1.82) is 0 Å². The van der Waals surface area contributed by atoms with Gasteiger partial charge >= 0.3 is 39.9 Å². The van der Waals surface area contributed by atoms with E-state index >= 15 is 0 Å². The van der Waals surface area contributed by atoms with Crippen LogP contribution >= 0.6 is 0 Å². The third-order valence-corrected chi connectivity index (χ3v) is 0.1000. The third-order valence-electron chi connectivity index (χ3n) is 0.1000. The van der Waals surface area contributed by atoms with Gasteiger partial charge in [0.15, 0.2) is 0 Å². The van der Waals surface area contributed by atoms with Crippen molar-refractivity contribution in [2.75, 3.05) is 13.2 Å². The molecule has 0 aliphatic rings. The molecular formula is C2H11GdN4O12. The smallest absolute Gasteiger partial charge is 0.412 e. The first-order valence-electron chi connectivity index (χ1n) is 2.78. The van der Waals surface area contributed by atoms with Crippen LogP contribution in [0.2, 0.25) is 0 Å². The Morgan fingerprint density at radius 3 is 0.737 bits per heavy atom. The Hall–Kier alpha value is -1.24. The number of hydrogen-bond donors (Lipinski definition) is 3. The third kappa shape index (κ3) is 66000. The molecule has 0 aromatic heterocycles. The number of hydrogen-bond acceptors (Lipinski definition) is 12. The van der Waals surface area contributed by atoms with Crippen LogP contribution in [-0.4, -0.2) is 44.2 Å². The van der Waals surface area contributed by atoms with E-state index in [1.807, 2.05) is 0 Å². The molecule has 0 bridgehead atoms. The first-order valence-corrected chi connectivity index (χ1v) is 2.78. The van der Waals surface area contributed by atoms with Crippen LogP contribution in [0.5, 0.6) is 0 Å². The molecule has 0 saturated carbocycles. The van der Waals surface area contributed by atoms with E-state index < -0.39 is 15.3 Å². The Balaban J connectivity index is -0.0000000192. The summed E-state index contributed by atoms with van der Waals surface area (Å²) in [7, 11) is 0. The van der Waals surface area contributed by atoms with E-state index in [9.17, 15) is 0 Å². The van der Waals surface area contributed by atoms with Crippen molar-refractivity contribution in [3.8, 4) is 0 Å². The van der Waals surface area contributed by atoms with Gasteiger partial charge in [0, 0.05) is 0 Å². The van der Waals surface area contributed by atoms with Gasteiger partial charge in [-0.15, -0.1) is 0 Å². The normalized spacial score (nSPS) is 5.37. The van der Waals surface area contributed by atoms with Crippen molar-refractivity contribution in [3.63, 3.8) is 0 Å². The van der Waals surface area contributed by atoms with Gasteiger partial charge in [0.05, 0.1) is 28.5 Å². The Morgan fingerprint density at radius 1 is 0.684 bits per heavy atom. The fourth-order valence-electron chi connectivity index (χ4n) is 0. The molecule has 119 valence electrons. The molecule has 0 aromatic carbocycles. The first-order chi connectivity index (χ1) is 7.11. The molecule has 7 N–H and O–H groups in total. The second kappa shape index (κ2) is 43.7. The summed E-state index contributed by atoms with van der Waals surface area (Å²) in [6.45, 7) is -0.250. The van der Waals surface area contributed by atoms with Crippen LogP contribution in [0, 0.1) is 85.9 Å². The fourth-order valence-corrected chi connectivity index (χ4v) is 0. The minimum atomic E-state index is -1.75. The maximum atomic E-state index is 8.25. The van der Waals surface area contributed by atoms with Gasteiger partial charge in [0.1, 0.15) is 0 Å². The number of aliphatic hydroxyl groups excluding tert-OH is 2. The predicted octanol–water partition coefficient (Wildman–Crippen LogP) is -2.41. The van der Waals surface area contributed by atoms with E-state index in [-0.39, 0.29) is 64.8 Å². The summed E-state index contributed by atoms with van der Waals surface area (Å²) in [5, 5.41) is 59.5. The maximum absolute atomic E-state index is 8.25. The van der Waals surface area contributed by atoms with E-state index in [0.717, 1.165) is 0 Å². The largest absolute Gasteiger partial charge is 3.00 e. The minimum Gasteiger partial charge on any atom is -0.412 e. The number of rotatable bonds is 1. The van der Waals surface area contributed by atoms with Crippen LogP contribution < -0.4 is 6.15 Å². The van der Waals surface area contributed by atoms with Crippen molar-refractivity contribution < 1.29 is 70.9 Å². The molecule has 0 amide bonds. The zero-order valence-corrected chi connectivity index (χ0v) is 11.2. The molecule has 19 heavy (non-hydrogen) atoms. The Bertz CT molecular complexity index is 146. The second-order valence-corrected chi connectivity index (χ2v) is 1.12. The van der Waals surface area contributed by atoms with Crippen molar-refractivity contribution >= 4 is 0 Å². The minimum absolute atomic E-state index is 0. The van der Waals surface area contributed by atoms with Crippen LogP contribution in [0.15, 0.2) is 0 Å². The fraction of sp³-hybridized carbons (Fsp3) is 1.00. The van der Waals surface area contributed by atoms with Crippen LogP contribution in [0.25, 0.3) is 0 Å². The van der Waals surface area contributed by atoms with Crippen molar-refractivity contribution in [1.82, 2.24) is 6.15 Å². The summed E-state index contributed by atoms with van der Waals surface area (Å²) in [6, 6.07) is 0. The Morgan fingerprint density at radius 2 is 0.737 bits per heavy atom. The van der Waals surface area contributed by atoms with Crippen LogP contribution in [0.3, 0.4) is 0 Å². The van der Waals surface area contributed by atoms with Crippen LogP contribution in [-0.2, 0) is 0 Å². The van der Waals surface area contributed by atoms with Gasteiger partial charge in [-0.3, -0.25) is 0 Å². The number of nitrogens with zero attached hydrogens (tertiary/aromatic N) is 3. The average Bonchev–Trinajstić information content (AvgIpc) is 2.00. The molecule has 0 fully saturated rings. The summed E-state index contributed by atoms with van der Waals surface area (Å²) >= 11 is 0. The van der Waals surface area contributed by atoms with Crippen LogP contribution in [0.4, 0.5) is 0 Å². The predicted molar refractivity (Wildman–Crippen MR) is 53.9 cm³/mol. The molecule has 0 spiro atoms. The van der Waals surface area contributed by atoms with E-state index in [0.29, 0.717) is 0 Å². The van der Waals surface area contributed by atoms with Crippen molar-refractivity contribution in [3.05, 3.63) is 46.0 Å². The molecule has 0 aliphatic heterocycles. The molecule has 0 saturated heterocycles. The molecule has 1 radical (unpaired) electrons. The molecule has 0 aromatic rings. The summed E-state index contributed by atoms with van der Waals surface area (Å²) < 4.78 is 0. The van der Waals surface area contributed by atoms with Crippen LogP contribution in [0.1, 0.15) is 0 Å². The summed E-state index contributed by atoms with van der Waals surface area (Å²) in [5.74, 6) is 0. The molecule has 17 heteroatoms. The Labute approximate surface area is 136 Å². The first kappa shape index (κ1) is 43.1. The zero-order valence-electron chi connectivity index (χ0n) is 8.89. The Kier molecular flexibility index (Phi) is 99.1. The van der Waals surface area contributed by atoms with E-state index in [1.165, 1.54) is 0 Å². The summed E-state index contributed by atoms with van der Waals surface area (Å²) in [5.41, 5.74) is 0. The SMILES string of the molecule is N.O.O=[N+]([O-])[O-].O=[N+]([O-])[O-].O=[N+]([O-])[O-].OCCO.[Gd+3]. The summed E-state index contributed by atoms with van der Waals surface area (Å²) in [6.07, 6.45) is 0. The maximum Gasteiger partial charge on any atom is 3.00 e. The van der Waals surface area contributed by atoms with Gasteiger partial charge in [0.2, 0.25) is 0 Å². The van der Waals surface area contributed by atoms with Crippen molar-refractivity contribution in [2.24, 2.45) is 0 Å². The molecule has 0 atom stereocenters. The van der Waals surface area contributed by atoms with E-state index in [4.69, 9.17) is 56.2 Å². The molecule has 0 rings (SSSR count). The second-order valence-electron chi connectivity index (χ2n) is 1.12. The van der Waals surface area contributed by atoms with Gasteiger partial charge in [-0.2, -0.15) is 0 Å². The van der Waals surface area contributed by atoms with Gasteiger partial charge in [-0.25, -0.2) is 0 Å². The summed E-state index contributed by atoms with van der Waals surface area (Å²) in [4.78, 5) is 24.8.